The molecule has 0 radical (unpaired) electrons. The summed E-state index contributed by atoms with van der Waals surface area (Å²) in [6, 6.07) is 13.6. The van der Waals surface area contributed by atoms with E-state index >= 15 is 0 Å². The number of aromatic nitrogens is 2. The van der Waals surface area contributed by atoms with Crippen molar-refractivity contribution in [3.05, 3.63) is 58.9 Å². The number of nitrogens with one attached hydrogen (secondary N) is 2. The van der Waals surface area contributed by atoms with Crippen LogP contribution in [0.1, 0.15) is 30.1 Å². The second kappa shape index (κ2) is 7.00. The van der Waals surface area contributed by atoms with Crippen molar-refractivity contribution in [1.29, 1.82) is 0 Å². The molecule has 1 aromatic heterocycles. The number of hydrogen-bond donors (Lipinski definition) is 2. The molecule has 0 saturated carbocycles. The summed E-state index contributed by atoms with van der Waals surface area (Å²) in [6.45, 7) is 3.37. The van der Waals surface area contributed by atoms with Crippen LogP contribution >= 0.6 is 11.6 Å². The van der Waals surface area contributed by atoms with Gasteiger partial charge in [-0.25, -0.2) is 9.78 Å². The van der Waals surface area contributed by atoms with Crippen molar-refractivity contribution in [2.75, 3.05) is 18.4 Å². The minimum Gasteiger partial charge on any atom is -0.342 e. The number of amides is 2. The summed E-state index contributed by atoms with van der Waals surface area (Å²) in [6.07, 6.45) is 1.81. The Morgan fingerprint density at radius 2 is 2.00 bits per heavy atom. The molecule has 26 heavy (non-hydrogen) atoms. The molecule has 2 heterocycles. The number of aromatic amines is 1. The minimum absolute atomic E-state index is 0.0759. The Morgan fingerprint density at radius 3 is 2.73 bits per heavy atom. The Morgan fingerprint density at radius 1 is 1.23 bits per heavy atom. The topological polar surface area (TPSA) is 61.0 Å². The maximum absolute atomic E-state index is 12.5. The first kappa shape index (κ1) is 16.9. The van der Waals surface area contributed by atoms with Crippen LogP contribution in [0.2, 0.25) is 5.02 Å². The third-order valence-corrected chi connectivity index (χ3v) is 5.41. The van der Waals surface area contributed by atoms with E-state index in [-0.39, 0.29) is 6.03 Å². The summed E-state index contributed by atoms with van der Waals surface area (Å²) in [7, 11) is 0. The quantitative estimate of drug-likeness (QED) is 0.673. The molecule has 3 aromatic rings. The number of H-pyrrole nitrogens is 1. The zero-order chi connectivity index (χ0) is 18.1. The Kier molecular flexibility index (Phi) is 4.55. The molecular weight excluding hydrogens is 348 g/mol. The Hall–Kier alpha value is -2.53. The van der Waals surface area contributed by atoms with Gasteiger partial charge in [-0.1, -0.05) is 29.8 Å². The Labute approximate surface area is 157 Å². The van der Waals surface area contributed by atoms with Crippen molar-refractivity contribution in [3.8, 4) is 0 Å². The lowest BCUT2D eigenvalue weighted by Crippen LogP contribution is -2.40. The third-order valence-electron chi connectivity index (χ3n) is 5.00. The number of nitrogens with zero attached hydrogens (tertiary/aromatic N) is 2. The number of aryl methyl sites for hydroxylation is 1. The predicted molar refractivity (Wildman–Crippen MR) is 105 cm³/mol. The fraction of sp³-hybridized carbons (Fsp3) is 0.300. The molecule has 134 valence electrons. The molecule has 4 rings (SSSR count). The highest BCUT2D eigenvalue weighted by molar-refractivity contribution is 6.31. The second-order valence-corrected chi connectivity index (χ2v) is 7.20. The monoisotopic (exact) mass is 368 g/mol. The van der Waals surface area contributed by atoms with Crippen LogP contribution in [0.3, 0.4) is 0 Å². The van der Waals surface area contributed by atoms with Gasteiger partial charge >= 0.3 is 6.03 Å². The number of rotatable bonds is 2. The largest absolute Gasteiger partial charge is 0.342 e. The van der Waals surface area contributed by atoms with E-state index in [1.54, 1.807) is 6.07 Å². The number of likely N-dealkylation sites (tertiary alicyclic amines) is 1. The van der Waals surface area contributed by atoms with Gasteiger partial charge < -0.3 is 15.2 Å². The number of carbonyl (C=O) groups excluding carboxylic acids is 1. The standard InChI is InChI=1S/C20H21ClN4O/c1-13-6-7-15(12-16(13)21)22-20(26)25-10-8-14(9-11-25)19-23-17-4-2-3-5-18(17)24-19/h2-7,12,14H,8-11H2,1H3,(H,22,26)(H,23,24). The van der Waals surface area contributed by atoms with Crippen LogP contribution in [0.15, 0.2) is 42.5 Å². The van der Waals surface area contributed by atoms with Gasteiger partial charge in [-0.3, -0.25) is 0 Å². The number of hydrogen-bond acceptors (Lipinski definition) is 2. The number of benzene rings is 2. The predicted octanol–water partition coefficient (Wildman–Crippen LogP) is 4.94. The molecule has 0 aliphatic carbocycles. The van der Waals surface area contributed by atoms with E-state index in [1.165, 1.54) is 0 Å². The molecule has 6 heteroatoms. The molecule has 5 nitrogen and oxygen atoms in total. The van der Waals surface area contributed by atoms with E-state index in [4.69, 9.17) is 16.6 Å². The summed E-state index contributed by atoms with van der Waals surface area (Å²) in [4.78, 5) is 22.5. The molecule has 2 amide bonds. The molecule has 1 saturated heterocycles. The van der Waals surface area contributed by atoms with Crippen molar-refractivity contribution >= 4 is 34.4 Å². The highest BCUT2D eigenvalue weighted by Crippen LogP contribution is 2.28. The van der Waals surface area contributed by atoms with E-state index in [2.05, 4.69) is 10.3 Å². The lowest BCUT2D eigenvalue weighted by molar-refractivity contribution is 0.193. The average molecular weight is 369 g/mol. The van der Waals surface area contributed by atoms with Crippen LogP contribution < -0.4 is 5.32 Å². The summed E-state index contributed by atoms with van der Waals surface area (Å²) < 4.78 is 0. The molecule has 0 atom stereocenters. The second-order valence-electron chi connectivity index (χ2n) is 6.79. The van der Waals surface area contributed by atoms with Gasteiger partial charge in [0.2, 0.25) is 0 Å². The number of urea groups is 1. The zero-order valence-electron chi connectivity index (χ0n) is 14.6. The number of anilines is 1. The van der Waals surface area contributed by atoms with Gasteiger partial charge in [0, 0.05) is 29.7 Å². The lowest BCUT2D eigenvalue weighted by atomic mass is 9.96. The summed E-state index contributed by atoms with van der Waals surface area (Å²) in [5.74, 6) is 1.39. The van der Waals surface area contributed by atoms with Crippen LogP contribution in [0.25, 0.3) is 11.0 Å². The molecule has 0 bridgehead atoms. The van der Waals surface area contributed by atoms with Gasteiger partial charge in [0.1, 0.15) is 5.82 Å². The number of halogens is 1. The Bertz CT molecular complexity index is 911. The zero-order valence-corrected chi connectivity index (χ0v) is 15.4. The van der Waals surface area contributed by atoms with E-state index in [0.29, 0.717) is 24.0 Å². The summed E-state index contributed by atoms with van der Waals surface area (Å²) in [5.41, 5.74) is 3.79. The summed E-state index contributed by atoms with van der Waals surface area (Å²) >= 11 is 6.13. The van der Waals surface area contributed by atoms with Crippen LogP contribution in [-0.4, -0.2) is 34.0 Å². The SMILES string of the molecule is Cc1ccc(NC(=O)N2CCC(c3nc4ccccc4[nH]3)CC2)cc1Cl. The van der Waals surface area contributed by atoms with Crippen LogP contribution in [0.5, 0.6) is 0 Å². The van der Waals surface area contributed by atoms with Crippen molar-refractivity contribution in [3.63, 3.8) is 0 Å². The molecule has 1 aliphatic rings. The molecule has 1 fully saturated rings. The first-order valence-electron chi connectivity index (χ1n) is 8.87. The van der Waals surface area contributed by atoms with Crippen LogP contribution in [0, 0.1) is 6.92 Å². The van der Waals surface area contributed by atoms with Crippen molar-refractivity contribution in [1.82, 2.24) is 14.9 Å². The molecule has 2 N–H and O–H groups in total. The Balaban J connectivity index is 1.38. The average Bonchev–Trinajstić information content (AvgIpc) is 3.09. The first-order chi connectivity index (χ1) is 12.6. The van der Waals surface area contributed by atoms with Crippen molar-refractivity contribution in [2.24, 2.45) is 0 Å². The number of fused-ring (bicyclic) bond motifs is 1. The van der Waals surface area contributed by atoms with E-state index < -0.39 is 0 Å². The van der Waals surface area contributed by atoms with E-state index in [9.17, 15) is 4.79 Å². The van der Waals surface area contributed by atoms with Crippen LogP contribution in [-0.2, 0) is 0 Å². The number of para-hydroxylation sites is 2. The molecule has 0 spiro atoms. The van der Waals surface area contributed by atoms with Gasteiger partial charge in [0.25, 0.3) is 0 Å². The van der Waals surface area contributed by atoms with E-state index in [1.807, 2.05) is 48.2 Å². The maximum Gasteiger partial charge on any atom is 0.321 e. The van der Waals surface area contributed by atoms with Gasteiger partial charge in [-0.05, 0) is 49.6 Å². The first-order valence-corrected chi connectivity index (χ1v) is 9.24. The number of piperidine rings is 1. The van der Waals surface area contributed by atoms with Crippen molar-refractivity contribution in [2.45, 2.75) is 25.7 Å². The van der Waals surface area contributed by atoms with Gasteiger partial charge in [0.15, 0.2) is 0 Å². The normalized spacial score (nSPS) is 15.4. The lowest BCUT2D eigenvalue weighted by Gasteiger charge is -2.31. The smallest absolute Gasteiger partial charge is 0.321 e. The molecular formula is C20H21ClN4O. The highest BCUT2D eigenvalue weighted by atomic mass is 35.5. The van der Waals surface area contributed by atoms with Crippen molar-refractivity contribution < 1.29 is 4.79 Å². The molecule has 1 aliphatic heterocycles. The molecule has 0 unspecified atom stereocenters. The summed E-state index contributed by atoms with van der Waals surface area (Å²) in [5, 5.41) is 3.59. The highest BCUT2D eigenvalue weighted by Gasteiger charge is 2.25. The van der Waals surface area contributed by atoms with E-state index in [0.717, 1.165) is 41.0 Å². The van der Waals surface area contributed by atoms with Gasteiger partial charge in [0.05, 0.1) is 11.0 Å². The minimum atomic E-state index is -0.0759. The number of carbonyl (C=O) groups is 1. The van der Waals surface area contributed by atoms with Gasteiger partial charge in [-0.15, -0.1) is 0 Å². The fourth-order valence-electron chi connectivity index (χ4n) is 3.40. The fourth-order valence-corrected chi connectivity index (χ4v) is 3.58. The maximum atomic E-state index is 12.5. The van der Waals surface area contributed by atoms with Gasteiger partial charge in [-0.2, -0.15) is 0 Å². The third kappa shape index (κ3) is 3.40. The number of imidazole rings is 1. The molecule has 2 aromatic carbocycles. The van der Waals surface area contributed by atoms with Crippen LogP contribution in [0.4, 0.5) is 10.5 Å².